The number of aryl methyl sites for hydroxylation is 1. The van der Waals surface area contributed by atoms with Gasteiger partial charge >= 0.3 is 0 Å². The SMILES string of the molecule is Cc1ccc(-c2csc(NC(=O)c3ccc(Br)o3)n2)cc1[N+](=O)[O-]. The number of nitro groups is 1. The third kappa shape index (κ3) is 3.36. The van der Waals surface area contributed by atoms with Crippen LogP contribution in [0.5, 0.6) is 0 Å². The van der Waals surface area contributed by atoms with E-state index in [1.54, 1.807) is 30.5 Å². The first-order chi connectivity index (χ1) is 11.4. The Morgan fingerprint density at radius 1 is 1.38 bits per heavy atom. The normalized spacial score (nSPS) is 10.6. The third-order valence-corrected chi connectivity index (χ3v) is 4.41. The molecule has 0 radical (unpaired) electrons. The maximum absolute atomic E-state index is 12.0. The van der Waals surface area contributed by atoms with Gasteiger partial charge < -0.3 is 4.42 Å². The molecule has 1 N–H and O–H groups in total. The number of hydrogen-bond acceptors (Lipinski definition) is 6. The van der Waals surface area contributed by atoms with Crippen LogP contribution in [-0.2, 0) is 0 Å². The van der Waals surface area contributed by atoms with Gasteiger partial charge in [0.2, 0.25) is 0 Å². The molecule has 24 heavy (non-hydrogen) atoms. The zero-order chi connectivity index (χ0) is 17.3. The molecule has 0 bridgehead atoms. The molecule has 3 aromatic rings. The van der Waals surface area contributed by atoms with Gasteiger partial charge in [0.1, 0.15) is 0 Å². The topological polar surface area (TPSA) is 98.3 Å². The fraction of sp³-hybridized carbons (Fsp3) is 0.0667. The van der Waals surface area contributed by atoms with E-state index in [9.17, 15) is 14.9 Å². The van der Waals surface area contributed by atoms with Gasteiger partial charge in [-0.1, -0.05) is 12.1 Å². The minimum absolute atomic E-state index is 0.0338. The number of nitro benzene ring substituents is 1. The Balaban J connectivity index is 1.82. The lowest BCUT2D eigenvalue weighted by atomic mass is 10.1. The molecule has 122 valence electrons. The van der Waals surface area contributed by atoms with Gasteiger partial charge in [0.25, 0.3) is 11.6 Å². The van der Waals surface area contributed by atoms with Crippen LogP contribution in [0.15, 0.2) is 44.8 Å². The van der Waals surface area contributed by atoms with Crippen molar-refractivity contribution in [1.29, 1.82) is 0 Å². The van der Waals surface area contributed by atoms with Crippen LogP contribution in [0.1, 0.15) is 16.1 Å². The summed E-state index contributed by atoms with van der Waals surface area (Å²) < 4.78 is 5.63. The van der Waals surface area contributed by atoms with Crippen molar-refractivity contribution in [2.75, 3.05) is 5.32 Å². The summed E-state index contributed by atoms with van der Waals surface area (Å²) in [6.45, 7) is 1.68. The maximum Gasteiger partial charge on any atom is 0.293 e. The van der Waals surface area contributed by atoms with E-state index in [1.807, 2.05) is 0 Å². The molecule has 0 saturated carbocycles. The number of anilines is 1. The van der Waals surface area contributed by atoms with E-state index in [0.29, 0.717) is 26.6 Å². The van der Waals surface area contributed by atoms with Crippen LogP contribution in [-0.4, -0.2) is 15.8 Å². The van der Waals surface area contributed by atoms with Crippen LogP contribution in [0.2, 0.25) is 0 Å². The van der Waals surface area contributed by atoms with Gasteiger partial charge in [0.15, 0.2) is 15.6 Å². The number of thiazole rings is 1. The molecule has 1 aromatic carbocycles. The molecule has 7 nitrogen and oxygen atoms in total. The summed E-state index contributed by atoms with van der Waals surface area (Å²) in [7, 11) is 0. The highest BCUT2D eigenvalue weighted by Gasteiger charge is 2.16. The minimum Gasteiger partial charge on any atom is -0.444 e. The number of benzene rings is 1. The molecule has 0 saturated heterocycles. The molecule has 0 fully saturated rings. The Hall–Kier alpha value is -2.52. The van der Waals surface area contributed by atoms with Crippen LogP contribution in [0.25, 0.3) is 11.3 Å². The number of halogens is 1. The maximum atomic E-state index is 12.0. The molecular formula is C15H10BrN3O4S. The number of nitrogens with zero attached hydrogens (tertiary/aromatic N) is 2. The molecule has 3 rings (SSSR count). The van der Waals surface area contributed by atoms with Crippen molar-refractivity contribution in [3.8, 4) is 11.3 Å². The molecule has 1 amide bonds. The van der Waals surface area contributed by atoms with Crippen molar-refractivity contribution >= 4 is 44.0 Å². The number of aromatic nitrogens is 1. The molecule has 0 aliphatic heterocycles. The first-order valence-electron chi connectivity index (χ1n) is 6.71. The van der Waals surface area contributed by atoms with Crippen molar-refractivity contribution < 1.29 is 14.1 Å². The molecule has 2 heterocycles. The summed E-state index contributed by atoms with van der Waals surface area (Å²) in [4.78, 5) is 26.9. The number of rotatable bonds is 4. The van der Waals surface area contributed by atoms with Crippen molar-refractivity contribution in [1.82, 2.24) is 4.98 Å². The van der Waals surface area contributed by atoms with Crippen LogP contribution < -0.4 is 5.32 Å². The van der Waals surface area contributed by atoms with Crippen LogP contribution in [0, 0.1) is 17.0 Å². The fourth-order valence-corrected chi connectivity index (χ4v) is 3.05. The zero-order valence-corrected chi connectivity index (χ0v) is 14.7. The van der Waals surface area contributed by atoms with E-state index >= 15 is 0 Å². The average Bonchev–Trinajstić information content (AvgIpc) is 3.16. The number of furan rings is 1. The molecule has 0 unspecified atom stereocenters. The number of carbonyl (C=O) groups excluding carboxylic acids is 1. The highest BCUT2D eigenvalue weighted by Crippen LogP contribution is 2.29. The summed E-state index contributed by atoms with van der Waals surface area (Å²) in [6.07, 6.45) is 0. The Morgan fingerprint density at radius 2 is 2.17 bits per heavy atom. The molecule has 9 heteroatoms. The van der Waals surface area contributed by atoms with E-state index in [2.05, 4.69) is 26.2 Å². The van der Waals surface area contributed by atoms with Gasteiger partial charge in [0, 0.05) is 22.6 Å². The predicted octanol–water partition coefficient (Wildman–Crippen LogP) is 4.63. The van der Waals surface area contributed by atoms with Gasteiger partial charge in [-0.05, 0) is 35.0 Å². The first kappa shape index (κ1) is 16.3. The smallest absolute Gasteiger partial charge is 0.293 e. The molecule has 0 atom stereocenters. The molecule has 0 spiro atoms. The predicted molar refractivity (Wildman–Crippen MR) is 93.3 cm³/mol. The van der Waals surface area contributed by atoms with Crippen molar-refractivity contribution in [2.24, 2.45) is 0 Å². The number of carbonyl (C=O) groups is 1. The Kier molecular flexibility index (Phi) is 4.45. The van der Waals surface area contributed by atoms with E-state index in [-0.39, 0.29) is 11.4 Å². The standard InChI is InChI=1S/C15H10BrN3O4S/c1-8-2-3-9(6-11(8)19(21)22)10-7-24-15(17-10)18-14(20)12-4-5-13(16)23-12/h2-7H,1H3,(H,17,18,20). The summed E-state index contributed by atoms with van der Waals surface area (Å²) in [6, 6.07) is 8.06. The van der Waals surface area contributed by atoms with E-state index < -0.39 is 10.8 Å². The van der Waals surface area contributed by atoms with E-state index in [1.165, 1.54) is 23.5 Å². The minimum atomic E-state index is -0.428. The average molecular weight is 408 g/mol. The van der Waals surface area contributed by atoms with Crippen molar-refractivity contribution in [2.45, 2.75) is 6.92 Å². The summed E-state index contributed by atoms with van der Waals surface area (Å²) in [5.74, 6) is -0.263. The molecule has 2 aromatic heterocycles. The Labute approximate surface area is 148 Å². The number of hydrogen-bond donors (Lipinski definition) is 1. The van der Waals surface area contributed by atoms with Crippen molar-refractivity contribution in [3.63, 3.8) is 0 Å². The van der Waals surface area contributed by atoms with E-state index in [4.69, 9.17) is 4.42 Å². The number of nitrogens with one attached hydrogen (secondary N) is 1. The molecule has 0 aliphatic rings. The van der Waals surface area contributed by atoms with Gasteiger partial charge in [-0.15, -0.1) is 11.3 Å². The lowest BCUT2D eigenvalue weighted by molar-refractivity contribution is -0.385. The quantitative estimate of drug-likeness (QED) is 0.501. The first-order valence-corrected chi connectivity index (χ1v) is 8.39. The summed E-state index contributed by atoms with van der Waals surface area (Å²) in [5, 5.41) is 15.8. The van der Waals surface area contributed by atoms with Crippen LogP contribution in [0.4, 0.5) is 10.8 Å². The van der Waals surface area contributed by atoms with E-state index in [0.717, 1.165) is 0 Å². The Bertz CT molecular complexity index is 934. The summed E-state index contributed by atoms with van der Waals surface area (Å²) in [5.41, 5.74) is 1.78. The fourth-order valence-electron chi connectivity index (χ4n) is 2.02. The highest BCUT2D eigenvalue weighted by molar-refractivity contribution is 9.10. The molecular weight excluding hydrogens is 398 g/mol. The van der Waals surface area contributed by atoms with Crippen LogP contribution in [0.3, 0.4) is 0 Å². The monoisotopic (exact) mass is 407 g/mol. The zero-order valence-electron chi connectivity index (χ0n) is 12.3. The van der Waals surface area contributed by atoms with Gasteiger partial charge in [-0.3, -0.25) is 20.2 Å². The van der Waals surface area contributed by atoms with Gasteiger partial charge in [-0.25, -0.2) is 4.98 Å². The van der Waals surface area contributed by atoms with Gasteiger partial charge in [0.05, 0.1) is 10.6 Å². The summed E-state index contributed by atoms with van der Waals surface area (Å²) >= 11 is 4.36. The van der Waals surface area contributed by atoms with Crippen LogP contribution >= 0.6 is 27.3 Å². The Morgan fingerprint density at radius 3 is 2.83 bits per heavy atom. The largest absolute Gasteiger partial charge is 0.444 e. The second-order valence-electron chi connectivity index (χ2n) is 4.85. The van der Waals surface area contributed by atoms with Crippen molar-refractivity contribution in [3.05, 3.63) is 61.8 Å². The molecule has 0 aliphatic carbocycles. The second-order valence-corrected chi connectivity index (χ2v) is 6.49. The third-order valence-electron chi connectivity index (χ3n) is 3.22. The van der Waals surface area contributed by atoms with Gasteiger partial charge in [-0.2, -0.15) is 0 Å². The lowest BCUT2D eigenvalue weighted by Crippen LogP contribution is -2.10. The second kappa shape index (κ2) is 6.54. The highest BCUT2D eigenvalue weighted by atomic mass is 79.9. The lowest BCUT2D eigenvalue weighted by Gasteiger charge is -2.00. The number of amides is 1.